The summed E-state index contributed by atoms with van der Waals surface area (Å²) in [6.45, 7) is 14.9. The normalized spacial score (nSPS) is 60.0. The molecule has 244 valence electrons. The Morgan fingerprint density at radius 3 is 2.35 bits per heavy atom. The summed E-state index contributed by atoms with van der Waals surface area (Å²) in [5.74, 6) is -0.115. The van der Waals surface area contributed by atoms with Crippen molar-refractivity contribution >= 4 is 5.97 Å². The quantitative estimate of drug-likeness (QED) is 0.281. The molecule has 9 nitrogen and oxygen atoms in total. The van der Waals surface area contributed by atoms with Gasteiger partial charge in [-0.1, -0.05) is 34.6 Å². The smallest absolute Gasteiger partial charge is 0.302 e. The third-order valence-corrected chi connectivity index (χ3v) is 14.8. The third kappa shape index (κ3) is 3.97. The van der Waals surface area contributed by atoms with Gasteiger partial charge in [0.2, 0.25) is 0 Å². The summed E-state index contributed by atoms with van der Waals surface area (Å²) in [6.07, 6.45) is 2.24. The Bertz CT molecular complexity index is 1160. The van der Waals surface area contributed by atoms with Crippen molar-refractivity contribution in [1.29, 1.82) is 0 Å². The molecule has 43 heavy (non-hydrogen) atoms. The molecule has 2 spiro atoms. The van der Waals surface area contributed by atoms with Crippen molar-refractivity contribution in [2.75, 3.05) is 6.61 Å². The molecule has 0 aromatic rings. The minimum absolute atomic E-state index is 0.00333. The Morgan fingerprint density at radius 1 is 0.930 bits per heavy atom. The van der Waals surface area contributed by atoms with Crippen LogP contribution in [-0.2, 0) is 23.7 Å². The predicted octanol–water partition coefficient (Wildman–Crippen LogP) is 3.53. The maximum atomic E-state index is 12.7. The molecule has 2 aliphatic heterocycles. The number of hydrogen-bond donors (Lipinski definition) is 4. The van der Waals surface area contributed by atoms with E-state index in [1.165, 1.54) is 6.92 Å². The van der Waals surface area contributed by atoms with Crippen LogP contribution in [0, 0.1) is 50.7 Å². The fourth-order valence-corrected chi connectivity index (χ4v) is 13.3. The molecule has 0 amide bonds. The molecule has 5 aliphatic carbocycles. The molecule has 2 saturated heterocycles. The molecule has 7 rings (SSSR count). The summed E-state index contributed by atoms with van der Waals surface area (Å²) in [6, 6.07) is 0. The molecule has 0 bridgehead atoms. The van der Waals surface area contributed by atoms with E-state index in [0.717, 1.165) is 44.9 Å². The zero-order valence-corrected chi connectivity index (χ0v) is 27.0. The summed E-state index contributed by atoms with van der Waals surface area (Å²) < 4.78 is 24.9. The van der Waals surface area contributed by atoms with Crippen LogP contribution in [0.2, 0.25) is 0 Å². The first-order valence-electron chi connectivity index (χ1n) is 16.8. The molecular formula is C34H54O9. The lowest BCUT2D eigenvalue weighted by atomic mass is 9.41. The third-order valence-electron chi connectivity index (χ3n) is 14.8. The summed E-state index contributed by atoms with van der Waals surface area (Å²) in [4.78, 5) is 12.7. The Morgan fingerprint density at radius 2 is 1.65 bits per heavy atom. The van der Waals surface area contributed by atoms with E-state index < -0.39 is 35.8 Å². The van der Waals surface area contributed by atoms with Gasteiger partial charge in [-0.05, 0) is 96.7 Å². The molecule has 7 fully saturated rings. The van der Waals surface area contributed by atoms with Crippen molar-refractivity contribution in [2.24, 2.45) is 50.7 Å². The van der Waals surface area contributed by atoms with Crippen LogP contribution in [0.25, 0.3) is 0 Å². The number of rotatable bonds is 3. The first kappa shape index (κ1) is 30.8. The number of fused-ring (bicyclic) bond motifs is 4. The molecule has 0 radical (unpaired) electrons. The van der Waals surface area contributed by atoms with E-state index in [9.17, 15) is 25.2 Å². The predicted molar refractivity (Wildman–Crippen MR) is 155 cm³/mol. The lowest BCUT2D eigenvalue weighted by Crippen LogP contribution is -2.63. The Kier molecular flexibility index (Phi) is 6.73. The topological polar surface area (TPSA) is 135 Å². The average molecular weight is 607 g/mol. The van der Waals surface area contributed by atoms with Gasteiger partial charge in [0.05, 0.1) is 18.8 Å². The highest BCUT2D eigenvalue weighted by atomic mass is 16.7. The Hall–Kier alpha value is -0.810. The molecule has 2 heterocycles. The highest BCUT2D eigenvalue weighted by Crippen LogP contribution is 2.89. The van der Waals surface area contributed by atoms with E-state index in [-0.39, 0.29) is 58.5 Å². The highest BCUT2D eigenvalue weighted by molar-refractivity contribution is 5.66. The van der Waals surface area contributed by atoms with Crippen molar-refractivity contribution < 1.29 is 44.2 Å². The van der Waals surface area contributed by atoms with Gasteiger partial charge in [0.15, 0.2) is 12.1 Å². The van der Waals surface area contributed by atoms with Gasteiger partial charge in [-0.2, -0.15) is 0 Å². The average Bonchev–Trinajstić information content (AvgIpc) is 3.47. The number of carbonyl (C=O) groups is 1. The first-order chi connectivity index (χ1) is 19.9. The zero-order valence-electron chi connectivity index (χ0n) is 27.0. The fraction of sp³-hybridized carbons (Fsp3) is 0.971. The van der Waals surface area contributed by atoms with Gasteiger partial charge in [0.25, 0.3) is 0 Å². The van der Waals surface area contributed by atoms with Crippen LogP contribution in [0.3, 0.4) is 0 Å². The molecule has 16 atom stereocenters. The van der Waals surface area contributed by atoms with Crippen LogP contribution in [-0.4, -0.2) is 81.7 Å². The van der Waals surface area contributed by atoms with Gasteiger partial charge < -0.3 is 39.4 Å². The van der Waals surface area contributed by atoms with Gasteiger partial charge >= 0.3 is 5.97 Å². The van der Waals surface area contributed by atoms with Crippen LogP contribution in [0.15, 0.2) is 0 Å². The molecule has 0 aromatic carbocycles. The summed E-state index contributed by atoms with van der Waals surface area (Å²) in [5.41, 5.74) is -0.103. The van der Waals surface area contributed by atoms with Gasteiger partial charge in [0.1, 0.15) is 24.4 Å². The van der Waals surface area contributed by atoms with Gasteiger partial charge in [-0.25, -0.2) is 0 Å². The number of aliphatic hydroxyl groups is 4. The zero-order chi connectivity index (χ0) is 31.1. The molecule has 4 N–H and O–H groups in total. The van der Waals surface area contributed by atoms with Crippen molar-refractivity contribution in [3.63, 3.8) is 0 Å². The van der Waals surface area contributed by atoms with Crippen LogP contribution in [0.1, 0.15) is 99.8 Å². The van der Waals surface area contributed by atoms with Gasteiger partial charge in [-0.3, -0.25) is 4.79 Å². The summed E-state index contributed by atoms with van der Waals surface area (Å²) in [7, 11) is 0. The molecule has 5 saturated carbocycles. The monoisotopic (exact) mass is 606 g/mol. The number of carbonyl (C=O) groups excluding carboxylic acids is 1. The standard InChI is InChI=1S/C34H54O9/c1-17-13-32(7,39)43-21-14-31(6)22-12-20(41-18(2)35)27-29(3,4)23(42-28-26(38)25(37)19(36)15-40-28)8-9-34(27)16-33(22,34)11-10-30(31,5)24(17)21/h17,19-28,36-39H,8-16H2,1-7H3/t17?,19?,20?,21?,22?,23-,24?,25?,26?,27?,28?,30+,31?,32+,33-,34+/m0/s1. The van der Waals surface area contributed by atoms with E-state index in [0.29, 0.717) is 24.2 Å². The van der Waals surface area contributed by atoms with Crippen LogP contribution in [0.5, 0.6) is 0 Å². The molecule has 0 aromatic heterocycles. The molecule has 11 unspecified atom stereocenters. The number of ether oxygens (including phenoxy) is 4. The molecular weight excluding hydrogens is 552 g/mol. The summed E-state index contributed by atoms with van der Waals surface area (Å²) >= 11 is 0. The maximum Gasteiger partial charge on any atom is 0.302 e. The van der Waals surface area contributed by atoms with E-state index in [4.69, 9.17) is 18.9 Å². The van der Waals surface area contributed by atoms with E-state index in [2.05, 4.69) is 34.6 Å². The van der Waals surface area contributed by atoms with Crippen LogP contribution in [0.4, 0.5) is 0 Å². The molecule has 7 aliphatic rings. The lowest BCUT2D eigenvalue weighted by molar-refractivity contribution is -0.307. The van der Waals surface area contributed by atoms with Gasteiger partial charge in [0, 0.05) is 19.3 Å². The van der Waals surface area contributed by atoms with E-state index in [1.54, 1.807) is 0 Å². The fourth-order valence-electron chi connectivity index (χ4n) is 13.3. The van der Waals surface area contributed by atoms with Crippen LogP contribution >= 0.6 is 0 Å². The SMILES string of the molecule is CC(=O)OC1CC2C3(C)CC4O[C@@](C)(O)CC(C)C4[C@@]3(C)CC[C@]23C[C@@]32CC[C@H](OC3OCC(O)C(O)C3O)C(C)(C)C12. The second-order valence-electron chi connectivity index (χ2n) is 17.2. The first-order valence-corrected chi connectivity index (χ1v) is 16.8. The minimum Gasteiger partial charge on any atom is -0.462 e. The Balaban J connectivity index is 1.22. The summed E-state index contributed by atoms with van der Waals surface area (Å²) in [5, 5.41) is 41.9. The Labute approximate surface area is 256 Å². The lowest BCUT2D eigenvalue weighted by Gasteiger charge is -2.64. The van der Waals surface area contributed by atoms with Crippen molar-refractivity contribution in [3.8, 4) is 0 Å². The van der Waals surface area contributed by atoms with Crippen molar-refractivity contribution in [2.45, 2.75) is 149 Å². The highest BCUT2D eigenvalue weighted by Gasteiger charge is 2.85. The van der Waals surface area contributed by atoms with E-state index in [1.807, 2.05) is 6.92 Å². The second-order valence-corrected chi connectivity index (χ2v) is 17.2. The van der Waals surface area contributed by atoms with E-state index >= 15 is 0 Å². The second kappa shape index (κ2) is 9.39. The van der Waals surface area contributed by atoms with Gasteiger partial charge in [-0.15, -0.1) is 0 Å². The number of aliphatic hydroxyl groups excluding tert-OH is 3. The number of esters is 1. The maximum absolute atomic E-state index is 12.7. The van der Waals surface area contributed by atoms with Crippen molar-refractivity contribution in [1.82, 2.24) is 0 Å². The van der Waals surface area contributed by atoms with Crippen molar-refractivity contribution in [3.05, 3.63) is 0 Å². The minimum atomic E-state index is -1.34. The largest absolute Gasteiger partial charge is 0.462 e. The van der Waals surface area contributed by atoms with Crippen LogP contribution < -0.4 is 0 Å². The number of hydrogen-bond acceptors (Lipinski definition) is 9. The molecule has 9 heteroatoms.